The first-order chi connectivity index (χ1) is 8.35. The summed E-state index contributed by atoms with van der Waals surface area (Å²) in [4.78, 5) is 11.8. The van der Waals surface area contributed by atoms with Crippen LogP contribution in [0.4, 0.5) is 0 Å². The molecule has 18 heavy (non-hydrogen) atoms. The maximum atomic E-state index is 11.8. The zero-order chi connectivity index (χ0) is 13.4. The number of ether oxygens (including phenoxy) is 2. The van der Waals surface area contributed by atoms with Crippen LogP contribution < -0.4 is 0 Å². The van der Waals surface area contributed by atoms with Gasteiger partial charge in [0, 0.05) is 18.4 Å². The quantitative estimate of drug-likeness (QED) is 0.784. The summed E-state index contributed by atoms with van der Waals surface area (Å²) < 4.78 is 11.0. The first-order valence-corrected chi connectivity index (χ1v) is 6.79. The lowest BCUT2D eigenvalue weighted by molar-refractivity contribution is -0.156. The first-order valence-electron chi connectivity index (χ1n) is 6.79. The van der Waals surface area contributed by atoms with Crippen LogP contribution >= 0.6 is 0 Å². The normalized spacial score (nSPS) is 35.6. The zero-order valence-corrected chi connectivity index (χ0v) is 11.6. The van der Waals surface area contributed by atoms with Crippen molar-refractivity contribution in [1.29, 1.82) is 0 Å². The minimum atomic E-state index is -0.420. The fourth-order valence-electron chi connectivity index (χ4n) is 3.27. The van der Waals surface area contributed by atoms with Gasteiger partial charge in [-0.3, -0.25) is 4.79 Å². The lowest BCUT2D eigenvalue weighted by Crippen LogP contribution is -2.29. The minimum absolute atomic E-state index is 0.0906. The molecule has 0 aromatic carbocycles. The Morgan fingerprint density at radius 1 is 1.50 bits per heavy atom. The van der Waals surface area contributed by atoms with E-state index in [4.69, 9.17) is 9.47 Å². The zero-order valence-electron chi connectivity index (χ0n) is 11.6. The molecule has 1 aliphatic heterocycles. The number of carbonyl (C=O) groups is 1. The molecular weight excluding hydrogens is 232 g/mol. The van der Waals surface area contributed by atoms with Gasteiger partial charge in [0.05, 0.1) is 12.7 Å². The van der Waals surface area contributed by atoms with E-state index in [1.807, 2.05) is 20.8 Å². The van der Waals surface area contributed by atoms with Gasteiger partial charge in [0.1, 0.15) is 5.60 Å². The van der Waals surface area contributed by atoms with E-state index in [9.17, 15) is 9.90 Å². The van der Waals surface area contributed by atoms with Crippen molar-refractivity contribution in [2.75, 3.05) is 13.2 Å². The number of rotatable bonds is 3. The summed E-state index contributed by atoms with van der Waals surface area (Å²) in [6.07, 6.45) is 3.25. The van der Waals surface area contributed by atoms with Crippen LogP contribution in [0, 0.1) is 11.3 Å². The number of carbonyl (C=O) groups excluding carboxylic acids is 1. The third-order valence-electron chi connectivity index (χ3n) is 4.03. The molecule has 1 heterocycles. The number of hydrogen-bond donors (Lipinski definition) is 1. The number of aliphatic hydroxyl groups excluding tert-OH is 1. The van der Waals surface area contributed by atoms with Crippen LogP contribution in [0.15, 0.2) is 0 Å². The molecule has 1 aliphatic carbocycles. The second-order valence-corrected chi connectivity index (χ2v) is 6.73. The molecule has 0 spiro atoms. The van der Waals surface area contributed by atoms with E-state index in [2.05, 4.69) is 0 Å². The van der Waals surface area contributed by atoms with Gasteiger partial charge in [-0.05, 0) is 46.0 Å². The monoisotopic (exact) mass is 256 g/mol. The average Bonchev–Trinajstić information content (AvgIpc) is 2.70. The minimum Gasteiger partial charge on any atom is -0.460 e. The second-order valence-electron chi connectivity index (χ2n) is 6.73. The smallest absolute Gasteiger partial charge is 0.306 e. The molecule has 4 nitrogen and oxygen atoms in total. The summed E-state index contributed by atoms with van der Waals surface area (Å²) in [5.74, 6) is 0.151. The lowest BCUT2D eigenvalue weighted by Gasteiger charge is -2.24. The third kappa shape index (κ3) is 2.86. The molecular formula is C14H24O4. The maximum Gasteiger partial charge on any atom is 0.306 e. The van der Waals surface area contributed by atoms with Crippen molar-refractivity contribution in [3.05, 3.63) is 0 Å². The van der Waals surface area contributed by atoms with Crippen molar-refractivity contribution in [1.82, 2.24) is 0 Å². The molecule has 0 aromatic rings. The van der Waals surface area contributed by atoms with Gasteiger partial charge in [-0.2, -0.15) is 0 Å². The average molecular weight is 256 g/mol. The Balaban J connectivity index is 1.88. The van der Waals surface area contributed by atoms with Crippen LogP contribution in [0.1, 0.15) is 46.5 Å². The molecule has 2 fully saturated rings. The largest absolute Gasteiger partial charge is 0.460 e. The molecule has 3 atom stereocenters. The molecule has 1 saturated heterocycles. The molecule has 0 aromatic heterocycles. The molecule has 0 bridgehead atoms. The molecule has 2 aliphatic rings. The van der Waals surface area contributed by atoms with Crippen molar-refractivity contribution in [2.45, 2.75) is 58.2 Å². The highest BCUT2D eigenvalue weighted by molar-refractivity contribution is 5.70. The number of aliphatic hydroxyl groups is 1. The van der Waals surface area contributed by atoms with Gasteiger partial charge < -0.3 is 14.6 Å². The van der Waals surface area contributed by atoms with Gasteiger partial charge in [0.2, 0.25) is 0 Å². The Hall–Kier alpha value is -0.610. The van der Waals surface area contributed by atoms with Crippen LogP contribution in [0.25, 0.3) is 0 Å². The summed E-state index contributed by atoms with van der Waals surface area (Å²) in [6.45, 7) is 6.55. The summed E-state index contributed by atoms with van der Waals surface area (Å²) in [5, 5.41) is 9.57. The van der Waals surface area contributed by atoms with Crippen LogP contribution in [-0.2, 0) is 14.3 Å². The van der Waals surface area contributed by atoms with Gasteiger partial charge in [-0.15, -0.1) is 0 Å². The standard InChI is InChI=1S/C14H24O4/c1-13(2,3)18-12(16)7-10-6-11-14(8-10,9-15)4-5-17-11/h10-11,15H,4-9H2,1-3H3/t10-,11+,14-/m0/s1. The van der Waals surface area contributed by atoms with E-state index in [0.717, 1.165) is 25.9 Å². The SMILES string of the molecule is CC(C)(C)OC(=O)C[C@@H]1C[C@H]2OCC[C@@]2(CO)C1. The third-order valence-corrected chi connectivity index (χ3v) is 4.03. The predicted octanol–water partition coefficient (Wildman–Crippen LogP) is 1.90. The van der Waals surface area contributed by atoms with Gasteiger partial charge in [0.25, 0.3) is 0 Å². The summed E-state index contributed by atoms with van der Waals surface area (Å²) >= 11 is 0. The number of esters is 1. The van der Waals surface area contributed by atoms with Crippen molar-refractivity contribution in [3.63, 3.8) is 0 Å². The van der Waals surface area contributed by atoms with Crippen LogP contribution in [0.5, 0.6) is 0 Å². The lowest BCUT2D eigenvalue weighted by atomic mass is 9.83. The highest BCUT2D eigenvalue weighted by Gasteiger charge is 2.51. The Bertz CT molecular complexity index is 320. The van der Waals surface area contributed by atoms with Gasteiger partial charge in [0.15, 0.2) is 0 Å². The molecule has 4 heteroatoms. The van der Waals surface area contributed by atoms with E-state index in [-0.39, 0.29) is 30.0 Å². The van der Waals surface area contributed by atoms with E-state index in [1.54, 1.807) is 0 Å². The molecule has 1 saturated carbocycles. The summed E-state index contributed by atoms with van der Waals surface area (Å²) in [7, 11) is 0. The molecule has 0 unspecified atom stereocenters. The van der Waals surface area contributed by atoms with Crippen LogP contribution in [0.2, 0.25) is 0 Å². The highest BCUT2D eigenvalue weighted by atomic mass is 16.6. The fraction of sp³-hybridized carbons (Fsp3) is 0.929. The van der Waals surface area contributed by atoms with E-state index in [0.29, 0.717) is 6.42 Å². The Morgan fingerprint density at radius 2 is 2.22 bits per heavy atom. The van der Waals surface area contributed by atoms with E-state index in [1.165, 1.54) is 0 Å². The van der Waals surface area contributed by atoms with Crippen molar-refractivity contribution in [2.24, 2.45) is 11.3 Å². The van der Waals surface area contributed by atoms with Gasteiger partial charge >= 0.3 is 5.97 Å². The number of fused-ring (bicyclic) bond motifs is 1. The fourth-order valence-corrected chi connectivity index (χ4v) is 3.27. The first kappa shape index (κ1) is 13.8. The van der Waals surface area contributed by atoms with Gasteiger partial charge in [-0.25, -0.2) is 0 Å². The van der Waals surface area contributed by atoms with Crippen LogP contribution in [-0.4, -0.2) is 36.0 Å². The molecule has 1 N–H and O–H groups in total. The van der Waals surface area contributed by atoms with E-state index >= 15 is 0 Å². The van der Waals surface area contributed by atoms with Crippen LogP contribution in [0.3, 0.4) is 0 Å². The Morgan fingerprint density at radius 3 is 2.78 bits per heavy atom. The van der Waals surface area contributed by atoms with E-state index < -0.39 is 5.60 Å². The van der Waals surface area contributed by atoms with Crippen molar-refractivity contribution < 1.29 is 19.4 Å². The summed E-state index contributed by atoms with van der Waals surface area (Å²) in [5.41, 5.74) is -0.511. The second kappa shape index (κ2) is 4.82. The molecule has 104 valence electrons. The number of hydrogen-bond acceptors (Lipinski definition) is 4. The maximum absolute atomic E-state index is 11.8. The summed E-state index contributed by atoms with van der Waals surface area (Å²) in [6, 6.07) is 0. The Labute approximate surface area is 109 Å². The molecule has 0 radical (unpaired) electrons. The van der Waals surface area contributed by atoms with Crippen molar-refractivity contribution >= 4 is 5.97 Å². The van der Waals surface area contributed by atoms with Crippen molar-refractivity contribution in [3.8, 4) is 0 Å². The topological polar surface area (TPSA) is 55.8 Å². The molecule has 0 amide bonds. The highest BCUT2D eigenvalue weighted by Crippen LogP contribution is 2.50. The Kier molecular flexibility index (Phi) is 3.70. The predicted molar refractivity (Wildman–Crippen MR) is 67.1 cm³/mol. The molecule has 2 rings (SSSR count). The van der Waals surface area contributed by atoms with Gasteiger partial charge in [-0.1, -0.05) is 0 Å².